The average molecular weight is 576 g/mol. The maximum absolute atomic E-state index is 12.6. The van der Waals surface area contributed by atoms with Gasteiger partial charge in [0.25, 0.3) is 0 Å². The molecular weight excluding hydrogens is 543 g/mol. The Hall–Kier alpha value is -3.35. The summed E-state index contributed by atoms with van der Waals surface area (Å²) in [5.41, 5.74) is 11.0. The number of halogens is 2. The molecule has 1 aliphatic heterocycles. The lowest BCUT2D eigenvalue weighted by atomic mass is 9.84. The van der Waals surface area contributed by atoms with Crippen molar-refractivity contribution in [1.29, 1.82) is 0 Å². The highest BCUT2D eigenvalue weighted by Gasteiger charge is 2.32. The number of carbonyl (C=O) groups is 2. The number of aromatic nitrogens is 2. The zero-order valence-corrected chi connectivity index (χ0v) is 23.7. The Morgan fingerprint density at radius 2 is 1.40 bits per heavy atom. The maximum atomic E-state index is 12.6. The van der Waals surface area contributed by atoms with Crippen LogP contribution in [0, 0.1) is 0 Å². The Balaban J connectivity index is 1.35. The number of primary amides is 1. The van der Waals surface area contributed by atoms with Crippen LogP contribution in [0.25, 0.3) is 10.9 Å². The molecule has 1 aliphatic carbocycles. The molecule has 2 amide bonds. The fourth-order valence-electron chi connectivity index (χ4n) is 5.94. The zero-order chi connectivity index (χ0) is 27.8. The third-order valence-electron chi connectivity index (χ3n) is 8.21. The second-order valence-corrected chi connectivity index (χ2v) is 11.9. The number of piperidine rings is 1. The van der Waals surface area contributed by atoms with Crippen molar-refractivity contribution in [2.45, 2.75) is 56.4 Å². The molecule has 0 unspecified atom stereocenters. The van der Waals surface area contributed by atoms with E-state index in [1.165, 1.54) is 16.5 Å². The number of nitrogens with two attached hydrogens (primary N) is 1. The van der Waals surface area contributed by atoms with Gasteiger partial charge in [-0.3, -0.25) is 14.3 Å². The largest absolute Gasteiger partial charge is 0.370 e. The molecule has 6 rings (SSSR count). The summed E-state index contributed by atoms with van der Waals surface area (Å²) in [6.45, 7) is 1.33. The molecule has 3 aromatic carbocycles. The summed E-state index contributed by atoms with van der Waals surface area (Å²) in [4.78, 5) is 25.6. The van der Waals surface area contributed by atoms with Crippen LogP contribution in [-0.2, 0) is 9.59 Å². The van der Waals surface area contributed by atoms with Crippen molar-refractivity contribution in [2.24, 2.45) is 5.73 Å². The van der Waals surface area contributed by atoms with Crippen LogP contribution in [0.4, 0.5) is 0 Å². The molecule has 206 valence electrons. The number of carbonyl (C=O) groups excluding carboxylic acids is 2. The topological polar surface area (TPSA) is 81.2 Å². The van der Waals surface area contributed by atoms with E-state index < -0.39 is 5.91 Å². The third-order valence-corrected chi connectivity index (χ3v) is 8.72. The van der Waals surface area contributed by atoms with Crippen molar-refractivity contribution in [1.82, 2.24) is 14.7 Å². The molecule has 6 nitrogen and oxygen atoms in total. The first-order valence-electron chi connectivity index (χ1n) is 14.0. The number of hydrogen-bond acceptors (Lipinski definition) is 3. The van der Waals surface area contributed by atoms with Gasteiger partial charge in [0.1, 0.15) is 0 Å². The van der Waals surface area contributed by atoms with Gasteiger partial charge in [0, 0.05) is 53.2 Å². The minimum atomic E-state index is -0.438. The summed E-state index contributed by atoms with van der Waals surface area (Å²) in [5, 5.41) is 7.80. The quantitative estimate of drug-likeness (QED) is 0.234. The highest BCUT2D eigenvalue weighted by atomic mass is 35.5. The van der Waals surface area contributed by atoms with Gasteiger partial charge in [0.15, 0.2) is 0 Å². The molecule has 0 spiro atoms. The van der Waals surface area contributed by atoms with E-state index in [9.17, 15) is 9.59 Å². The van der Waals surface area contributed by atoms with Gasteiger partial charge in [-0.15, -0.1) is 0 Å². The molecule has 8 heteroatoms. The van der Waals surface area contributed by atoms with Gasteiger partial charge >= 0.3 is 0 Å². The van der Waals surface area contributed by atoms with Crippen LogP contribution < -0.4 is 5.73 Å². The van der Waals surface area contributed by atoms with Crippen LogP contribution in [0.5, 0.6) is 0 Å². The highest BCUT2D eigenvalue weighted by Crippen LogP contribution is 2.42. The number of rotatable bonds is 8. The van der Waals surface area contributed by atoms with Crippen molar-refractivity contribution in [3.05, 3.63) is 99.2 Å². The molecule has 2 aliphatic rings. The molecule has 0 atom stereocenters. The molecule has 1 saturated heterocycles. The number of fused-ring (bicyclic) bond motifs is 1. The first kappa shape index (κ1) is 26.9. The van der Waals surface area contributed by atoms with Crippen molar-refractivity contribution in [3.63, 3.8) is 0 Å². The Morgan fingerprint density at radius 3 is 1.95 bits per heavy atom. The van der Waals surface area contributed by atoms with Gasteiger partial charge in [0.05, 0.1) is 17.3 Å². The summed E-state index contributed by atoms with van der Waals surface area (Å²) in [6, 6.07) is 23.3. The van der Waals surface area contributed by atoms with Crippen LogP contribution in [0.3, 0.4) is 0 Å². The van der Waals surface area contributed by atoms with E-state index in [1.807, 2.05) is 29.2 Å². The number of benzene rings is 3. The van der Waals surface area contributed by atoms with E-state index in [2.05, 4.69) is 47.1 Å². The van der Waals surface area contributed by atoms with E-state index in [1.54, 1.807) is 0 Å². The number of amides is 2. The molecule has 1 aromatic heterocycles. The first-order chi connectivity index (χ1) is 19.4. The lowest BCUT2D eigenvalue weighted by Crippen LogP contribution is -2.38. The first-order valence-corrected chi connectivity index (χ1v) is 14.7. The second kappa shape index (κ2) is 11.3. The second-order valence-electron chi connectivity index (χ2n) is 11.0. The fraction of sp³-hybridized carbons (Fsp3) is 0.344. The molecule has 1 saturated carbocycles. The molecule has 4 aromatic rings. The van der Waals surface area contributed by atoms with E-state index in [4.69, 9.17) is 34.0 Å². The third kappa shape index (κ3) is 5.61. The fourth-order valence-corrected chi connectivity index (χ4v) is 6.19. The Bertz CT molecular complexity index is 1490. The minimum Gasteiger partial charge on any atom is -0.370 e. The monoisotopic (exact) mass is 574 g/mol. The predicted octanol–water partition coefficient (Wildman–Crippen LogP) is 6.83. The van der Waals surface area contributed by atoms with Crippen molar-refractivity contribution >= 4 is 45.9 Å². The average Bonchev–Trinajstić information content (AvgIpc) is 3.74. The Morgan fingerprint density at radius 1 is 0.825 bits per heavy atom. The highest BCUT2D eigenvalue weighted by molar-refractivity contribution is 6.30. The Labute approximate surface area is 244 Å². The SMILES string of the molecule is NC(=O)CCC(=O)N1CCC(c2nn(C3CC3)c3ccc(C(c4ccc(Cl)cc4)c4ccc(Cl)cc4)cc23)CC1. The van der Waals surface area contributed by atoms with E-state index in [0.717, 1.165) is 42.5 Å². The summed E-state index contributed by atoms with van der Waals surface area (Å²) in [7, 11) is 0. The van der Waals surface area contributed by atoms with Crippen LogP contribution in [0.2, 0.25) is 10.0 Å². The van der Waals surface area contributed by atoms with Crippen LogP contribution in [0.15, 0.2) is 66.7 Å². The lowest BCUT2D eigenvalue weighted by molar-refractivity contribution is -0.134. The smallest absolute Gasteiger partial charge is 0.223 e. The summed E-state index contributed by atoms with van der Waals surface area (Å²) in [6.07, 6.45) is 4.29. The van der Waals surface area contributed by atoms with Gasteiger partial charge in [-0.1, -0.05) is 53.5 Å². The van der Waals surface area contributed by atoms with Gasteiger partial charge < -0.3 is 10.6 Å². The number of likely N-dealkylation sites (tertiary alicyclic amines) is 1. The van der Waals surface area contributed by atoms with Crippen LogP contribution >= 0.6 is 23.2 Å². The minimum absolute atomic E-state index is 0.00155. The Kier molecular flexibility index (Phi) is 7.56. The van der Waals surface area contributed by atoms with Gasteiger partial charge in [-0.05, 0) is 78.8 Å². The predicted molar refractivity (Wildman–Crippen MR) is 159 cm³/mol. The lowest BCUT2D eigenvalue weighted by Gasteiger charge is -2.31. The van der Waals surface area contributed by atoms with Gasteiger partial charge in [-0.2, -0.15) is 5.10 Å². The molecule has 0 bridgehead atoms. The standard InChI is InChI=1S/C32H32Cl2N4O2/c33-24-6-1-20(2-7-24)31(21-3-8-25(34)9-4-21)23-5-12-28-27(19-23)32(36-38(28)26-10-11-26)22-15-17-37(18-16-22)30(40)14-13-29(35)39/h1-9,12,19,22,26,31H,10-11,13-18H2,(H2,35,39). The van der Waals surface area contributed by atoms with Crippen LogP contribution in [0.1, 0.15) is 78.8 Å². The molecular formula is C32H32Cl2N4O2. The van der Waals surface area contributed by atoms with Crippen molar-refractivity contribution < 1.29 is 9.59 Å². The zero-order valence-electron chi connectivity index (χ0n) is 22.2. The van der Waals surface area contributed by atoms with Crippen LogP contribution in [-0.4, -0.2) is 39.6 Å². The van der Waals surface area contributed by atoms with Gasteiger partial charge in [-0.25, -0.2) is 0 Å². The van der Waals surface area contributed by atoms with Crippen molar-refractivity contribution in [2.75, 3.05) is 13.1 Å². The molecule has 0 radical (unpaired) electrons. The summed E-state index contributed by atoms with van der Waals surface area (Å²) in [5.74, 6) is -0.156. The molecule has 2 fully saturated rings. The van der Waals surface area contributed by atoms with E-state index in [-0.39, 0.29) is 30.6 Å². The number of hydrogen-bond donors (Lipinski definition) is 1. The summed E-state index contributed by atoms with van der Waals surface area (Å²) < 4.78 is 2.22. The number of nitrogens with zero attached hydrogens (tertiary/aromatic N) is 3. The van der Waals surface area contributed by atoms with Gasteiger partial charge in [0.2, 0.25) is 11.8 Å². The molecule has 40 heavy (non-hydrogen) atoms. The van der Waals surface area contributed by atoms with Crippen molar-refractivity contribution in [3.8, 4) is 0 Å². The maximum Gasteiger partial charge on any atom is 0.223 e. The van der Waals surface area contributed by atoms with E-state index in [0.29, 0.717) is 29.2 Å². The molecule has 2 N–H and O–H groups in total. The molecule has 2 heterocycles. The van der Waals surface area contributed by atoms with E-state index >= 15 is 0 Å². The summed E-state index contributed by atoms with van der Waals surface area (Å²) >= 11 is 12.5. The normalized spacial score (nSPS) is 16.1.